The molecule has 1 atom stereocenters. The number of Topliss-reactive ketones (excluding diaryl/α,β-unsaturated/α-hetero) is 2. The minimum atomic E-state index is -1.16. The van der Waals surface area contributed by atoms with Gasteiger partial charge in [0.05, 0.1) is 11.6 Å². The van der Waals surface area contributed by atoms with Crippen LogP contribution in [0.5, 0.6) is 0 Å². The highest BCUT2D eigenvalue weighted by molar-refractivity contribution is 6.07. The molecule has 0 amide bonds. The van der Waals surface area contributed by atoms with Crippen molar-refractivity contribution in [1.29, 1.82) is 5.26 Å². The molecule has 2 N–H and O–H groups in total. The molecule has 0 spiro atoms. The fourth-order valence-corrected chi connectivity index (χ4v) is 2.22. The summed E-state index contributed by atoms with van der Waals surface area (Å²) in [5.74, 6) is 1.83. The van der Waals surface area contributed by atoms with Crippen molar-refractivity contribution >= 4 is 11.6 Å². The van der Waals surface area contributed by atoms with E-state index in [0.29, 0.717) is 5.56 Å². The van der Waals surface area contributed by atoms with E-state index in [1.807, 2.05) is 6.07 Å². The third kappa shape index (κ3) is 4.39. The van der Waals surface area contributed by atoms with Gasteiger partial charge in [-0.3, -0.25) is 9.59 Å². The molecular formula is C20H16N2O2. The molecule has 24 heavy (non-hydrogen) atoms. The molecule has 2 aromatic rings. The van der Waals surface area contributed by atoms with Crippen molar-refractivity contribution in [2.45, 2.75) is 18.9 Å². The summed E-state index contributed by atoms with van der Waals surface area (Å²) in [5, 5.41) is 8.75. The van der Waals surface area contributed by atoms with Crippen molar-refractivity contribution in [3.63, 3.8) is 0 Å². The van der Waals surface area contributed by atoms with E-state index in [9.17, 15) is 9.59 Å². The maximum atomic E-state index is 12.2. The summed E-state index contributed by atoms with van der Waals surface area (Å²) < 4.78 is 0. The van der Waals surface area contributed by atoms with Crippen LogP contribution in [0.15, 0.2) is 48.5 Å². The molecule has 0 aromatic heterocycles. The summed E-state index contributed by atoms with van der Waals surface area (Å²) in [6.45, 7) is 0. The fraction of sp³-hybridized carbons (Fsp3) is 0.150. The van der Waals surface area contributed by atoms with Crippen LogP contribution in [0.3, 0.4) is 0 Å². The fourth-order valence-electron chi connectivity index (χ4n) is 2.22. The topological polar surface area (TPSA) is 84.0 Å². The molecule has 1 unspecified atom stereocenters. The molecule has 118 valence electrons. The number of rotatable bonds is 6. The van der Waals surface area contributed by atoms with Crippen molar-refractivity contribution in [3.05, 3.63) is 70.8 Å². The largest absolute Gasteiger partial charge is 0.315 e. The highest BCUT2D eigenvalue weighted by atomic mass is 16.2. The lowest BCUT2D eigenvalue weighted by atomic mass is 9.97. The monoisotopic (exact) mass is 316 g/mol. The van der Waals surface area contributed by atoms with E-state index >= 15 is 0 Å². The maximum absolute atomic E-state index is 12.2. The Balaban J connectivity index is 1.97. The molecule has 0 aliphatic carbocycles. The zero-order valence-corrected chi connectivity index (χ0v) is 13.0. The first-order valence-electron chi connectivity index (χ1n) is 7.39. The van der Waals surface area contributed by atoms with Gasteiger partial charge in [0, 0.05) is 18.4 Å². The number of nitrogens with two attached hydrogens (primary N) is 1. The van der Waals surface area contributed by atoms with Crippen LogP contribution in [0.2, 0.25) is 0 Å². The number of nitrogens with zero attached hydrogens (tertiary/aromatic N) is 1. The Morgan fingerprint density at radius 1 is 0.917 bits per heavy atom. The Hall–Kier alpha value is -3.21. The van der Waals surface area contributed by atoms with E-state index < -0.39 is 6.04 Å². The van der Waals surface area contributed by atoms with E-state index in [2.05, 4.69) is 5.92 Å². The van der Waals surface area contributed by atoms with Crippen molar-refractivity contribution in [2.24, 2.45) is 5.73 Å². The lowest BCUT2D eigenvalue weighted by molar-refractivity contribution is -0.128. The van der Waals surface area contributed by atoms with Crippen LogP contribution in [-0.4, -0.2) is 17.6 Å². The number of nitriles is 1. The second-order valence-corrected chi connectivity index (χ2v) is 5.41. The predicted octanol–water partition coefficient (Wildman–Crippen LogP) is 1.79. The number of carbonyl (C=O) groups excluding carboxylic acids is 2. The van der Waals surface area contributed by atoms with Gasteiger partial charge >= 0.3 is 0 Å². The van der Waals surface area contributed by atoms with Crippen LogP contribution in [-0.2, 0) is 22.4 Å². The summed E-state index contributed by atoms with van der Waals surface area (Å²) in [5.41, 5.74) is 8.52. The first-order valence-corrected chi connectivity index (χ1v) is 7.39. The zero-order chi connectivity index (χ0) is 17.5. The van der Waals surface area contributed by atoms with Crippen LogP contribution >= 0.6 is 0 Å². The summed E-state index contributed by atoms with van der Waals surface area (Å²) >= 11 is 0. The average molecular weight is 316 g/mol. The molecule has 2 aromatic carbocycles. The summed E-state index contributed by atoms with van der Waals surface area (Å²) in [6, 6.07) is 14.5. The summed E-state index contributed by atoms with van der Waals surface area (Å²) in [6.07, 6.45) is 5.43. The highest BCUT2D eigenvalue weighted by Crippen LogP contribution is 2.08. The van der Waals surface area contributed by atoms with Crippen molar-refractivity contribution in [3.8, 4) is 18.4 Å². The van der Waals surface area contributed by atoms with E-state index in [4.69, 9.17) is 17.4 Å². The third-order valence-corrected chi connectivity index (χ3v) is 3.65. The Labute approximate surface area is 140 Å². The number of terminal acetylenes is 1. The molecule has 0 fully saturated rings. The number of ketones is 2. The van der Waals surface area contributed by atoms with Crippen LogP contribution in [0.1, 0.15) is 22.3 Å². The van der Waals surface area contributed by atoms with E-state index in [0.717, 1.165) is 16.7 Å². The van der Waals surface area contributed by atoms with E-state index in [1.165, 1.54) is 0 Å². The second-order valence-electron chi connectivity index (χ2n) is 5.41. The molecular weight excluding hydrogens is 300 g/mol. The van der Waals surface area contributed by atoms with Gasteiger partial charge in [-0.05, 0) is 35.4 Å². The average Bonchev–Trinajstić information content (AvgIpc) is 2.62. The number of carbonyl (C=O) groups is 2. The number of benzene rings is 2. The second kappa shape index (κ2) is 7.87. The van der Waals surface area contributed by atoms with E-state index in [-0.39, 0.29) is 24.4 Å². The first kappa shape index (κ1) is 17.1. The Morgan fingerprint density at radius 3 is 1.71 bits per heavy atom. The molecule has 0 bridgehead atoms. The molecule has 4 heteroatoms. The summed E-state index contributed by atoms with van der Waals surface area (Å²) in [4.78, 5) is 24.3. The molecule has 0 saturated carbocycles. The molecule has 0 aliphatic rings. The lowest BCUT2D eigenvalue weighted by Crippen LogP contribution is -2.40. The van der Waals surface area contributed by atoms with Crippen molar-refractivity contribution in [2.75, 3.05) is 0 Å². The van der Waals surface area contributed by atoms with Gasteiger partial charge < -0.3 is 5.73 Å². The molecule has 2 rings (SSSR count). The van der Waals surface area contributed by atoms with Crippen molar-refractivity contribution in [1.82, 2.24) is 0 Å². The molecule has 0 radical (unpaired) electrons. The Kier molecular flexibility index (Phi) is 5.63. The Morgan fingerprint density at radius 2 is 1.33 bits per heavy atom. The molecule has 0 aliphatic heterocycles. The minimum Gasteiger partial charge on any atom is -0.315 e. The standard InChI is InChI=1S/C20H16N2O2/c1-2-14-3-5-15(6-4-14)11-18(23)20(22)19(24)12-16-7-9-17(13-21)10-8-16/h1,3-10,20H,11-12,22H2. The molecule has 0 heterocycles. The molecule has 4 nitrogen and oxygen atoms in total. The maximum Gasteiger partial charge on any atom is 0.161 e. The minimum absolute atomic E-state index is 0.0641. The summed E-state index contributed by atoms with van der Waals surface area (Å²) in [7, 11) is 0. The van der Waals surface area contributed by atoms with Gasteiger partial charge in [0.1, 0.15) is 6.04 Å². The predicted molar refractivity (Wildman–Crippen MR) is 90.9 cm³/mol. The van der Waals surface area contributed by atoms with Gasteiger partial charge in [-0.1, -0.05) is 30.2 Å². The number of hydrogen-bond donors (Lipinski definition) is 1. The van der Waals surface area contributed by atoms with E-state index in [1.54, 1.807) is 48.5 Å². The first-order chi connectivity index (χ1) is 11.5. The van der Waals surface area contributed by atoms with Gasteiger partial charge in [-0.2, -0.15) is 5.26 Å². The Bertz CT molecular complexity index is 750. The van der Waals surface area contributed by atoms with Gasteiger partial charge in [-0.15, -0.1) is 6.42 Å². The van der Waals surface area contributed by atoms with Crippen LogP contribution in [0.25, 0.3) is 0 Å². The van der Waals surface area contributed by atoms with Gasteiger partial charge in [0.25, 0.3) is 0 Å². The SMILES string of the molecule is C#Cc1ccc(CC(=O)C(N)C(=O)Cc2ccc(C#N)cc2)cc1. The van der Waals surface area contributed by atoms with Crippen LogP contribution in [0.4, 0.5) is 0 Å². The lowest BCUT2D eigenvalue weighted by Gasteiger charge is -2.10. The normalized spacial score (nSPS) is 11.1. The van der Waals surface area contributed by atoms with Crippen LogP contribution < -0.4 is 5.73 Å². The molecule has 0 saturated heterocycles. The van der Waals surface area contributed by atoms with Crippen LogP contribution in [0, 0.1) is 23.7 Å². The highest BCUT2D eigenvalue weighted by Gasteiger charge is 2.22. The van der Waals surface area contributed by atoms with Gasteiger partial charge in [0.15, 0.2) is 11.6 Å². The number of hydrogen-bond acceptors (Lipinski definition) is 4. The quantitative estimate of drug-likeness (QED) is 0.650. The third-order valence-electron chi connectivity index (χ3n) is 3.65. The smallest absolute Gasteiger partial charge is 0.161 e. The van der Waals surface area contributed by atoms with Gasteiger partial charge in [0.2, 0.25) is 0 Å². The van der Waals surface area contributed by atoms with Gasteiger partial charge in [-0.25, -0.2) is 0 Å². The van der Waals surface area contributed by atoms with Crippen molar-refractivity contribution < 1.29 is 9.59 Å². The zero-order valence-electron chi connectivity index (χ0n) is 13.0.